The van der Waals surface area contributed by atoms with Crippen LogP contribution in [-0.4, -0.2) is 52.3 Å². The van der Waals surface area contributed by atoms with E-state index in [0.717, 1.165) is 24.3 Å². The van der Waals surface area contributed by atoms with Crippen LogP contribution in [0.25, 0.3) is 0 Å². The van der Waals surface area contributed by atoms with Crippen LogP contribution in [0.2, 0.25) is 0 Å². The zero-order valence-corrected chi connectivity index (χ0v) is 11.8. The highest BCUT2D eigenvalue weighted by atomic mass is 32.2. The molecule has 2 heterocycles. The van der Waals surface area contributed by atoms with Crippen LogP contribution in [0.4, 0.5) is 0 Å². The van der Waals surface area contributed by atoms with Gasteiger partial charge in [-0.2, -0.15) is 0 Å². The van der Waals surface area contributed by atoms with Crippen molar-refractivity contribution < 1.29 is 4.21 Å². The zero-order chi connectivity index (χ0) is 12.1. The second-order valence-corrected chi connectivity index (χ2v) is 7.06. The monoisotopic (exact) mass is 258 g/mol. The Morgan fingerprint density at radius 2 is 2.12 bits per heavy atom. The van der Waals surface area contributed by atoms with Gasteiger partial charge < -0.3 is 5.32 Å². The minimum Gasteiger partial charge on any atom is -0.313 e. The molecule has 0 aromatic rings. The highest BCUT2D eigenvalue weighted by Crippen LogP contribution is 2.18. The quantitative estimate of drug-likeness (QED) is 0.829. The Bertz CT molecular complexity index is 250. The maximum atomic E-state index is 11.4. The number of nitrogens with zero attached hydrogens (tertiary/aromatic N) is 1. The van der Waals surface area contributed by atoms with Crippen molar-refractivity contribution in [1.29, 1.82) is 0 Å². The Kier molecular flexibility index (Phi) is 5.45. The molecule has 0 spiro atoms. The SMILES string of the molecule is CCCC1CN(C2CCS(=O)CC2)CCCN1. The van der Waals surface area contributed by atoms with E-state index in [-0.39, 0.29) is 0 Å². The highest BCUT2D eigenvalue weighted by Gasteiger charge is 2.26. The molecule has 0 aromatic heterocycles. The van der Waals surface area contributed by atoms with E-state index < -0.39 is 10.8 Å². The van der Waals surface area contributed by atoms with Crippen LogP contribution >= 0.6 is 0 Å². The second kappa shape index (κ2) is 6.86. The first-order valence-corrected chi connectivity index (χ1v) is 8.61. The summed E-state index contributed by atoms with van der Waals surface area (Å²) in [5, 5.41) is 3.66. The highest BCUT2D eigenvalue weighted by molar-refractivity contribution is 7.85. The first-order valence-electron chi connectivity index (χ1n) is 7.12. The van der Waals surface area contributed by atoms with Crippen molar-refractivity contribution in [3.8, 4) is 0 Å². The Morgan fingerprint density at radius 3 is 2.82 bits per heavy atom. The summed E-state index contributed by atoms with van der Waals surface area (Å²) < 4.78 is 11.4. The summed E-state index contributed by atoms with van der Waals surface area (Å²) in [5.74, 6) is 1.85. The molecular formula is C13H26N2OS. The smallest absolute Gasteiger partial charge is 0.0249 e. The summed E-state index contributed by atoms with van der Waals surface area (Å²) >= 11 is 0. The molecule has 0 aliphatic carbocycles. The van der Waals surface area contributed by atoms with E-state index in [1.807, 2.05) is 0 Å². The van der Waals surface area contributed by atoms with Gasteiger partial charge in [-0.1, -0.05) is 13.3 Å². The second-order valence-electron chi connectivity index (χ2n) is 5.37. The number of hydrogen-bond acceptors (Lipinski definition) is 3. The summed E-state index contributed by atoms with van der Waals surface area (Å²) in [6, 6.07) is 1.38. The Balaban J connectivity index is 1.87. The molecule has 1 N–H and O–H groups in total. The first-order chi connectivity index (χ1) is 8.29. The van der Waals surface area contributed by atoms with Crippen LogP contribution in [0.15, 0.2) is 0 Å². The van der Waals surface area contributed by atoms with E-state index in [9.17, 15) is 4.21 Å². The molecule has 0 aromatic carbocycles. The van der Waals surface area contributed by atoms with Crippen molar-refractivity contribution >= 4 is 10.8 Å². The third-order valence-corrected chi connectivity index (χ3v) is 5.40. The van der Waals surface area contributed by atoms with E-state index in [1.165, 1.54) is 38.9 Å². The molecule has 1 unspecified atom stereocenters. The molecule has 2 aliphatic rings. The van der Waals surface area contributed by atoms with Crippen LogP contribution in [0.3, 0.4) is 0 Å². The third kappa shape index (κ3) is 4.04. The summed E-state index contributed by atoms with van der Waals surface area (Å²) in [4.78, 5) is 2.66. The fourth-order valence-corrected chi connectivity index (χ4v) is 4.32. The lowest BCUT2D eigenvalue weighted by Gasteiger charge is -2.34. The Labute approximate surface area is 108 Å². The van der Waals surface area contributed by atoms with Gasteiger partial charge in [0.1, 0.15) is 0 Å². The lowest BCUT2D eigenvalue weighted by molar-refractivity contribution is 0.179. The van der Waals surface area contributed by atoms with Gasteiger partial charge in [0.25, 0.3) is 0 Å². The number of rotatable bonds is 3. The fourth-order valence-electron chi connectivity index (χ4n) is 3.05. The van der Waals surface area contributed by atoms with Crippen molar-refractivity contribution in [2.24, 2.45) is 0 Å². The average molecular weight is 258 g/mol. The average Bonchev–Trinajstić information content (AvgIpc) is 2.56. The maximum absolute atomic E-state index is 11.4. The molecule has 2 saturated heterocycles. The number of nitrogens with one attached hydrogen (secondary N) is 1. The van der Waals surface area contributed by atoms with E-state index in [2.05, 4.69) is 17.1 Å². The minimum atomic E-state index is -0.524. The van der Waals surface area contributed by atoms with Crippen molar-refractivity contribution in [2.75, 3.05) is 31.1 Å². The van der Waals surface area contributed by atoms with Gasteiger partial charge in [0.2, 0.25) is 0 Å². The summed E-state index contributed by atoms with van der Waals surface area (Å²) in [5.41, 5.74) is 0. The summed E-state index contributed by atoms with van der Waals surface area (Å²) in [7, 11) is -0.524. The molecule has 17 heavy (non-hydrogen) atoms. The van der Waals surface area contributed by atoms with Gasteiger partial charge in [0, 0.05) is 40.9 Å². The van der Waals surface area contributed by atoms with E-state index in [1.54, 1.807) is 0 Å². The lowest BCUT2D eigenvalue weighted by atomic mass is 10.1. The Hall–Kier alpha value is 0.0700. The van der Waals surface area contributed by atoms with Crippen molar-refractivity contribution in [1.82, 2.24) is 10.2 Å². The standard InChI is InChI=1S/C13H26N2OS/c1-2-4-12-11-15(8-3-7-14-12)13-5-9-17(16)10-6-13/h12-14H,2-11H2,1H3. The normalized spacial score (nSPS) is 36.6. The summed E-state index contributed by atoms with van der Waals surface area (Å²) in [6.45, 7) is 5.86. The predicted octanol–water partition coefficient (Wildman–Crippen LogP) is 1.36. The molecule has 1 atom stereocenters. The molecule has 4 heteroatoms. The minimum absolute atomic E-state index is 0.524. The van der Waals surface area contributed by atoms with Gasteiger partial charge in [-0.15, -0.1) is 0 Å². The van der Waals surface area contributed by atoms with Crippen molar-refractivity contribution in [3.63, 3.8) is 0 Å². The van der Waals surface area contributed by atoms with Gasteiger partial charge in [0.15, 0.2) is 0 Å². The third-order valence-electron chi connectivity index (χ3n) is 4.02. The van der Waals surface area contributed by atoms with Gasteiger partial charge >= 0.3 is 0 Å². The largest absolute Gasteiger partial charge is 0.313 e. The molecule has 0 radical (unpaired) electrons. The summed E-state index contributed by atoms with van der Waals surface area (Å²) in [6.07, 6.45) is 6.10. The molecule has 0 bridgehead atoms. The van der Waals surface area contributed by atoms with Gasteiger partial charge in [-0.05, 0) is 38.8 Å². The van der Waals surface area contributed by atoms with Crippen LogP contribution in [0.5, 0.6) is 0 Å². The number of hydrogen-bond donors (Lipinski definition) is 1. The van der Waals surface area contributed by atoms with Crippen LogP contribution in [0, 0.1) is 0 Å². The van der Waals surface area contributed by atoms with Crippen LogP contribution < -0.4 is 5.32 Å². The molecule has 0 amide bonds. The van der Waals surface area contributed by atoms with Crippen molar-refractivity contribution in [3.05, 3.63) is 0 Å². The van der Waals surface area contributed by atoms with Crippen LogP contribution in [-0.2, 0) is 10.8 Å². The maximum Gasteiger partial charge on any atom is 0.0249 e. The predicted molar refractivity (Wildman–Crippen MR) is 73.8 cm³/mol. The van der Waals surface area contributed by atoms with Crippen molar-refractivity contribution in [2.45, 2.75) is 51.1 Å². The topological polar surface area (TPSA) is 32.3 Å². The first kappa shape index (κ1) is 13.5. The molecule has 3 nitrogen and oxygen atoms in total. The zero-order valence-electron chi connectivity index (χ0n) is 11.0. The molecule has 100 valence electrons. The van der Waals surface area contributed by atoms with Gasteiger partial charge in [-0.25, -0.2) is 0 Å². The molecule has 2 rings (SSSR count). The lowest BCUT2D eigenvalue weighted by Crippen LogP contribution is -2.45. The molecule has 2 aliphatic heterocycles. The van der Waals surface area contributed by atoms with E-state index in [4.69, 9.17) is 0 Å². The van der Waals surface area contributed by atoms with Gasteiger partial charge in [0.05, 0.1) is 0 Å². The van der Waals surface area contributed by atoms with Crippen LogP contribution in [0.1, 0.15) is 39.0 Å². The molecule has 2 fully saturated rings. The van der Waals surface area contributed by atoms with E-state index >= 15 is 0 Å². The fraction of sp³-hybridized carbons (Fsp3) is 1.00. The Morgan fingerprint density at radius 1 is 1.35 bits per heavy atom. The van der Waals surface area contributed by atoms with E-state index in [0.29, 0.717) is 12.1 Å². The molecular weight excluding hydrogens is 232 g/mol. The molecule has 0 saturated carbocycles. The van der Waals surface area contributed by atoms with Gasteiger partial charge in [-0.3, -0.25) is 9.11 Å².